The number of ether oxygens (including phenoxy) is 1. The molecule has 0 atom stereocenters. The van der Waals surface area contributed by atoms with Crippen molar-refractivity contribution >= 4 is 29.3 Å². The third-order valence-corrected chi connectivity index (χ3v) is 5.79. The number of hydrogen-bond acceptors (Lipinski definition) is 5. The van der Waals surface area contributed by atoms with Gasteiger partial charge in [0.15, 0.2) is 0 Å². The number of carbonyl (C=O) groups excluding carboxylic acids is 2. The van der Waals surface area contributed by atoms with Gasteiger partial charge in [-0.05, 0) is 42.5 Å². The summed E-state index contributed by atoms with van der Waals surface area (Å²) in [5.41, 5.74) is 7.81. The van der Waals surface area contributed by atoms with Gasteiger partial charge in [-0.15, -0.1) is 11.8 Å². The molecule has 1 aromatic carbocycles. The maximum absolute atomic E-state index is 12.5. The Labute approximate surface area is 154 Å². The minimum atomic E-state index is -0.228. The molecular weight excluding hydrogens is 336 g/mol. The first kappa shape index (κ1) is 19.8. The predicted octanol–water partition coefficient (Wildman–Crippen LogP) is 3.33. The average Bonchev–Trinajstić information content (AvgIpc) is 2.62. The van der Waals surface area contributed by atoms with Crippen molar-refractivity contribution in [2.45, 2.75) is 44.3 Å². The Morgan fingerprint density at radius 1 is 1.28 bits per heavy atom. The number of amides is 1. The van der Waals surface area contributed by atoms with E-state index in [1.165, 1.54) is 25.3 Å². The second-order valence-corrected chi connectivity index (χ2v) is 7.74. The maximum Gasteiger partial charge on any atom is 0.315 e. The molecule has 0 saturated heterocycles. The normalized spacial score (nSPS) is 16.2. The third-order valence-electron chi connectivity index (χ3n) is 4.81. The van der Waals surface area contributed by atoms with Gasteiger partial charge < -0.3 is 15.8 Å². The zero-order valence-electron chi connectivity index (χ0n) is 14.9. The molecular formula is C19H28N2O3S. The van der Waals surface area contributed by atoms with Crippen LogP contribution in [0, 0.1) is 5.41 Å². The van der Waals surface area contributed by atoms with Crippen LogP contribution in [0.2, 0.25) is 0 Å². The highest BCUT2D eigenvalue weighted by molar-refractivity contribution is 7.99. The standard InChI is InChI=1S/C19H28N2O3S/c1-24-18(23)13-25-12-15-6-5-7-16(10-15)21-17(22)11-19(14-20)8-3-2-4-9-19/h5-7,10H,2-4,8-9,11-14,20H2,1H3,(H,21,22). The van der Waals surface area contributed by atoms with E-state index < -0.39 is 0 Å². The van der Waals surface area contributed by atoms with Crippen LogP contribution in [0.1, 0.15) is 44.1 Å². The summed E-state index contributed by atoms with van der Waals surface area (Å²) in [5.74, 6) is 0.832. The lowest BCUT2D eigenvalue weighted by atomic mass is 9.71. The summed E-state index contributed by atoms with van der Waals surface area (Å²) in [5, 5.41) is 3.00. The second-order valence-electron chi connectivity index (χ2n) is 6.76. The highest BCUT2D eigenvalue weighted by Crippen LogP contribution is 2.38. The van der Waals surface area contributed by atoms with Gasteiger partial charge in [-0.25, -0.2) is 0 Å². The molecule has 1 aliphatic carbocycles. The first-order valence-electron chi connectivity index (χ1n) is 8.80. The number of nitrogens with one attached hydrogen (secondary N) is 1. The fraction of sp³-hybridized carbons (Fsp3) is 0.579. The van der Waals surface area contributed by atoms with Crippen LogP contribution in [0.4, 0.5) is 5.69 Å². The van der Waals surface area contributed by atoms with Crippen molar-refractivity contribution in [1.29, 1.82) is 0 Å². The van der Waals surface area contributed by atoms with E-state index in [1.807, 2.05) is 24.3 Å². The number of methoxy groups -OCH3 is 1. The third kappa shape index (κ3) is 6.36. The molecule has 1 fully saturated rings. The molecule has 138 valence electrons. The van der Waals surface area contributed by atoms with Crippen molar-refractivity contribution < 1.29 is 14.3 Å². The number of rotatable bonds is 8. The zero-order chi connectivity index (χ0) is 18.1. The molecule has 6 heteroatoms. The van der Waals surface area contributed by atoms with Crippen LogP contribution < -0.4 is 11.1 Å². The number of anilines is 1. The summed E-state index contributed by atoms with van der Waals surface area (Å²) in [6, 6.07) is 7.76. The van der Waals surface area contributed by atoms with Gasteiger partial charge in [0.2, 0.25) is 5.91 Å². The SMILES string of the molecule is COC(=O)CSCc1cccc(NC(=O)CC2(CN)CCCCC2)c1. The van der Waals surface area contributed by atoms with Crippen molar-refractivity contribution in [3.63, 3.8) is 0 Å². The molecule has 3 N–H and O–H groups in total. The fourth-order valence-corrected chi connectivity index (χ4v) is 4.15. The Morgan fingerprint density at radius 2 is 2.04 bits per heavy atom. The molecule has 0 bridgehead atoms. The monoisotopic (exact) mass is 364 g/mol. The van der Waals surface area contributed by atoms with Crippen LogP contribution in [0.25, 0.3) is 0 Å². The Morgan fingerprint density at radius 3 is 2.72 bits per heavy atom. The van der Waals surface area contributed by atoms with Crippen LogP contribution >= 0.6 is 11.8 Å². The summed E-state index contributed by atoms with van der Waals surface area (Å²) in [4.78, 5) is 23.6. The molecule has 1 amide bonds. The van der Waals surface area contributed by atoms with Gasteiger partial charge in [-0.2, -0.15) is 0 Å². The van der Waals surface area contributed by atoms with E-state index in [4.69, 9.17) is 5.73 Å². The van der Waals surface area contributed by atoms with Crippen LogP contribution in [-0.4, -0.2) is 31.3 Å². The largest absolute Gasteiger partial charge is 0.468 e. The average molecular weight is 365 g/mol. The van der Waals surface area contributed by atoms with E-state index in [9.17, 15) is 9.59 Å². The molecule has 0 radical (unpaired) electrons. The van der Waals surface area contributed by atoms with Crippen LogP contribution in [0.5, 0.6) is 0 Å². The van der Waals surface area contributed by atoms with E-state index in [1.54, 1.807) is 0 Å². The van der Waals surface area contributed by atoms with Gasteiger partial charge in [0, 0.05) is 17.9 Å². The molecule has 1 saturated carbocycles. The highest BCUT2D eigenvalue weighted by atomic mass is 32.2. The minimum Gasteiger partial charge on any atom is -0.468 e. The van der Waals surface area contributed by atoms with Gasteiger partial charge in [0.25, 0.3) is 0 Å². The number of thioether (sulfide) groups is 1. The summed E-state index contributed by atoms with van der Waals surface area (Å²) in [6.45, 7) is 0.574. The topological polar surface area (TPSA) is 81.4 Å². The van der Waals surface area contributed by atoms with Crippen molar-refractivity contribution in [3.8, 4) is 0 Å². The molecule has 0 aliphatic heterocycles. The molecule has 0 heterocycles. The highest BCUT2D eigenvalue weighted by Gasteiger charge is 2.32. The molecule has 0 aromatic heterocycles. The number of nitrogens with two attached hydrogens (primary N) is 1. The van der Waals surface area contributed by atoms with E-state index in [2.05, 4.69) is 10.1 Å². The Hall–Kier alpha value is -1.53. The Bertz CT molecular complexity index is 586. The molecule has 5 nitrogen and oxygen atoms in total. The first-order chi connectivity index (χ1) is 12.1. The van der Waals surface area contributed by atoms with E-state index in [-0.39, 0.29) is 17.3 Å². The van der Waals surface area contributed by atoms with Crippen LogP contribution in [0.3, 0.4) is 0 Å². The summed E-state index contributed by atoms with van der Waals surface area (Å²) >= 11 is 1.49. The van der Waals surface area contributed by atoms with Crippen molar-refractivity contribution in [2.75, 3.05) is 24.7 Å². The summed E-state index contributed by atoms with van der Waals surface area (Å²) in [6.07, 6.45) is 6.15. The lowest BCUT2D eigenvalue weighted by Gasteiger charge is -2.35. The van der Waals surface area contributed by atoms with Crippen molar-refractivity contribution in [2.24, 2.45) is 11.1 Å². The minimum absolute atomic E-state index is 0.0314. The van der Waals surface area contributed by atoms with Gasteiger partial charge in [0.05, 0.1) is 12.9 Å². The Kier molecular flexibility index (Phi) is 7.78. The summed E-state index contributed by atoms with van der Waals surface area (Å²) < 4.78 is 4.63. The molecule has 2 rings (SSSR count). The van der Waals surface area contributed by atoms with Gasteiger partial charge in [-0.3, -0.25) is 9.59 Å². The lowest BCUT2D eigenvalue weighted by Crippen LogP contribution is -2.36. The number of hydrogen-bond donors (Lipinski definition) is 2. The van der Waals surface area contributed by atoms with Crippen LogP contribution in [0.15, 0.2) is 24.3 Å². The zero-order valence-corrected chi connectivity index (χ0v) is 15.7. The fourth-order valence-electron chi connectivity index (χ4n) is 3.35. The van der Waals surface area contributed by atoms with Gasteiger partial charge in [0.1, 0.15) is 0 Å². The van der Waals surface area contributed by atoms with E-state index in [0.29, 0.717) is 24.5 Å². The molecule has 0 unspecified atom stereocenters. The first-order valence-corrected chi connectivity index (χ1v) is 9.96. The van der Waals surface area contributed by atoms with Crippen molar-refractivity contribution in [3.05, 3.63) is 29.8 Å². The van der Waals surface area contributed by atoms with Gasteiger partial charge >= 0.3 is 5.97 Å². The second kappa shape index (κ2) is 9.82. The molecule has 1 aliphatic rings. The molecule has 1 aromatic rings. The number of carbonyl (C=O) groups is 2. The van der Waals surface area contributed by atoms with E-state index in [0.717, 1.165) is 36.9 Å². The molecule has 0 spiro atoms. The smallest absolute Gasteiger partial charge is 0.315 e. The summed E-state index contributed by atoms with van der Waals surface area (Å²) in [7, 11) is 1.39. The predicted molar refractivity (Wildman–Crippen MR) is 102 cm³/mol. The van der Waals surface area contributed by atoms with Crippen LogP contribution in [-0.2, 0) is 20.1 Å². The Balaban J connectivity index is 1.87. The van der Waals surface area contributed by atoms with Gasteiger partial charge in [-0.1, -0.05) is 31.4 Å². The number of esters is 1. The lowest BCUT2D eigenvalue weighted by molar-refractivity contribution is -0.137. The quantitative estimate of drug-likeness (QED) is 0.692. The maximum atomic E-state index is 12.5. The number of benzene rings is 1. The van der Waals surface area contributed by atoms with E-state index >= 15 is 0 Å². The molecule has 25 heavy (non-hydrogen) atoms. The van der Waals surface area contributed by atoms with Crippen molar-refractivity contribution in [1.82, 2.24) is 0 Å².